The first-order valence-electron chi connectivity index (χ1n) is 6.23. The summed E-state index contributed by atoms with van der Waals surface area (Å²) in [5.74, 6) is -3.33. The number of carbonyl (C=O) groups is 4. The van der Waals surface area contributed by atoms with Crippen LogP contribution in [-0.2, 0) is 19.2 Å². The number of carboxylic acids is 4. The number of hydrogen-bond acceptors (Lipinski definition) is 7. The highest BCUT2D eigenvalue weighted by Crippen LogP contribution is 1.49. The fraction of sp³-hybridized carbons (Fsp3) is 0.667. The molecule has 0 heterocycles. The van der Waals surface area contributed by atoms with Crippen molar-refractivity contribution in [2.45, 2.75) is 27.7 Å². The molecule has 0 radical (unpaired) electrons. The number of hydrogen-bond donors (Lipinski definition) is 7. The van der Waals surface area contributed by atoms with Crippen molar-refractivity contribution in [1.82, 2.24) is 5.32 Å². The number of nitrogens with two attached hydrogens (primary N) is 2. The second-order valence-electron chi connectivity index (χ2n) is 3.40. The molecule has 0 saturated carbocycles. The Morgan fingerprint density at radius 2 is 0.792 bits per heavy atom. The summed E-state index contributed by atoms with van der Waals surface area (Å²) < 4.78 is 0. The second-order valence-corrected chi connectivity index (χ2v) is 3.40. The van der Waals surface area contributed by atoms with Gasteiger partial charge in [-0.15, -0.1) is 0 Å². The smallest absolute Gasteiger partial charge is 0.300 e. The zero-order valence-corrected chi connectivity index (χ0v) is 13.9. The zero-order valence-electron chi connectivity index (χ0n) is 13.9. The van der Waals surface area contributed by atoms with E-state index in [4.69, 9.17) is 51.1 Å². The van der Waals surface area contributed by atoms with E-state index in [9.17, 15) is 0 Å². The fourth-order valence-electron chi connectivity index (χ4n) is 0.329. The normalized spacial score (nSPS) is 6.92. The summed E-state index contributed by atoms with van der Waals surface area (Å²) in [6.07, 6.45) is 0. The van der Waals surface area contributed by atoms with Gasteiger partial charge >= 0.3 is 0 Å². The van der Waals surface area contributed by atoms with Gasteiger partial charge in [0.2, 0.25) is 0 Å². The van der Waals surface area contributed by atoms with Crippen molar-refractivity contribution in [1.29, 1.82) is 0 Å². The van der Waals surface area contributed by atoms with Crippen LogP contribution < -0.4 is 16.8 Å². The fourth-order valence-corrected chi connectivity index (χ4v) is 0.329. The van der Waals surface area contributed by atoms with E-state index in [-0.39, 0.29) is 11.0 Å². The Bertz CT molecular complexity index is 236. The van der Waals surface area contributed by atoms with E-state index in [1.165, 1.54) is 0 Å². The molecule has 0 amide bonds. The van der Waals surface area contributed by atoms with E-state index in [2.05, 4.69) is 5.32 Å². The van der Waals surface area contributed by atoms with Gasteiger partial charge < -0.3 is 37.2 Å². The van der Waals surface area contributed by atoms with Crippen molar-refractivity contribution >= 4 is 34.8 Å². The number of nitrogens with one attached hydrogen (secondary N) is 1. The molecule has 0 fully saturated rings. The van der Waals surface area contributed by atoms with Crippen LogP contribution in [0, 0.1) is 0 Å². The highest BCUT2D eigenvalue weighted by molar-refractivity contribution is 5.75. The van der Waals surface area contributed by atoms with Crippen LogP contribution in [0.4, 0.5) is 0 Å². The van der Waals surface area contributed by atoms with Crippen molar-refractivity contribution in [2.24, 2.45) is 11.5 Å². The first kappa shape index (κ1) is 37.9. The van der Waals surface area contributed by atoms with Crippen LogP contribution in [0.2, 0.25) is 0 Å². The molecule has 0 aliphatic heterocycles. The van der Waals surface area contributed by atoms with E-state index in [1.807, 2.05) is 0 Å². The molecule has 0 aliphatic carbocycles. The largest absolute Gasteiger partial charge is 0.481 e. The van der Waals surface area contributed by atoms with Gasteiger partial charge in [0.15, 0.2) is 0 Å². The van der Waals surface area contributed by atoms with E-state index in [0.29, 0.717) is 13.1 Å². The van der Waals surface area contributed by atoms with Crippen LogP contribution in [0.15, 0.2) is 0 Å². The molecular formula is C12H33N3O8Si. The number of rotatable bonds is 4. The predicted octanol–water partition coefficient (Wildman–Crippen LogP) is -2.59. The van der Waals surface area contributed by atoms with Gasteiger partial charge in [-0.1, -0.05) is 0 Å². The molecule has 11 nitrogen and oxygen atoms in total. The van der Waals surface area contributed by atoms with Crippen LogP contribution in [0.25, 0.3) is 0 Å². The second kappa shape index (κ2) is 37.3. The minimum atomic E-state index is -0.833. The van der Waals surface area contributed by atoms with Crippen LogP contribution in [0.5, 0.6) is 0 Å². The molecular weight excluding hydrogens is 342 g/mol. The summed E-state index contributed by atoms with van der Waals surface area (Å²) in [4.78, 5) is 36.0. The molecule has 0 bridgehead atoms. The summed E-state index contributed by atoms with van der Waals surface area (Å²) >= 11 is 0. The summed E-state index contributed by atoms with van der Waals surface area (Å²) in [5, 5.41) is 32.7. The molecule has 0 aliphatic rings. The Labute approximate surface area is 146 Å². The van der Waals surface area contributed by atoms with Gasteiger partial charge in [0.1, 0.15) is 0 Å². The zero-order chi connectivity index (χ0) is 19.8. The quantitative estimate of drug-likeness (QED) is 0.200. The lowest BCUT2D eigenvalue weighted by molar-refractivity contribution is -0.135. The van der Waals surface area contributed by atoms with Gasteiger partial charge in [0.25, 0.3) is 23.9 Å². The Morgan fingerprint density at radius 1 is 0.667 bits per heavy atom. The first-order valence-corrected chi connectivity index (χ1v) is 6.23. The maximum atomic E-state index is 9.00. The van der Waals surface area contributed by atoms with Crippen molar-refractivity contribution < 1.29 is 39.6 Å². The third-order valence-electron chi connectivity index (χ3n) is 0.642. The molecule has 0 aromatic carbocycles. The Kier molecular flexibility index (Phi) is 58.9. The average Bonchev–Trinajstić information content (AvgIpc) is 2.26. The predicted molar refractivity (Wildman–Crippen MR) is 95.6 cm³/mol. The van der Waals surface area contributed by atoms with Crippen LogP contribution in [0.1, 0.15) is 27.7 Å². The van der Waals surface area contributed by atoms with E-state index < -0.39 is 23.9 Å². The summed E-state index contributed by atoms with van der Waals surface area (Å²) in [5.41, 5.74) is 10.3. The highest BCUT2D eigenvalue weighted by atomic mass is 28.1. The minimum absolute atomic E-state index is 0. The van der Waals surface area contributed by atoms with Gasteiger partial charge in [-0.25, -0.2) is 0 Å². The molecule has 0 rings (SSSR count). The highest BCUT2D eigenvalue weighted by Gasteiger charge is 1.76. The monoisotopic (exact) mass is 375 g/mol. The molecule has 0 saturated heterocycles. The van der Waals surface area contributed by atoms with Crippen molar-refractivity contribution in [3.63, 3.8) is 0 Å². The van der Waals surface area contributed by atoms with Crippen LogP contribution in [-0.4, -0.2) is 81.4 Å². The van der Waals surface area contributed by atoms with Crippen molar-refractivity contribution in [3.05, 3.63) is 0 Å². The molecule has 0 spiro atoms. The van der Waals surface area contributed by atoms with Crippen molar-refractivity contribution in [2.75, 3.05) is 26.2 Å². The van der Waals surface area contributed by atoms with E-state index in [1.54, 1.807) is 0 Å². The molecule has 24 heavy (non-hydrogen) atoms. The van der Waals surface area contributed by atoms with Gasteiger partial charge in [0.05, 0.1) is 0 Å². The molecule has 9 N–H and O–H groups in total. The van der Waals surface area contributed by atoms with Gasteiger partial charge in [-0.05, 0) is 11.0 Å². The topological polar surface area (TPSA) is 213 Å². The molecule has 12 heteroatoms. The maximum absolute atomic E-state index is 9.00. The molecule has 0 aromatic rings. The van der Waals surface area contributed by atoms with Gasteiger partial charge in [-0.2, -0.15) is 0 Å². The number of carboxylic acid groups (broad SMARTS) is 4. The average molecular weight is 375 g/mol. The van der Waals surface area contributed by atoms with Gasteiger partial charge in [0, 0.05) is 53.9 Å². The van der Waals surface area contributed by atoms with Crippen LogP contribution in [0.3, 0.4) is 0 Å². The lowest BCUT2D eigenvalue weighted by atomic mass is 10.6. The summed E-state index contributed by atoms with van der Waals surface area (Å²) in [7, 11) is 0. The Hall–Kier alpha value is -2.02. The third kappa shape index (κ3) is 1840. The number of aliphatic carboxylic acids is 4. The summed E-state index contributed by atoms with van der Waals surface area (Å²) in [6, 6.07) is 0. The van der Waals surface area contributed by atoms with E-state index in [0.717, 1.165) is 40.8 Å². The Balaban J connectivity index is -0.0000000429. The van der Waals surface area contributed by atoms with Crippen LogP contribution >= 0.6 is 0 Å². The lowest BCUT2D eigenvalue weighted by Gasteiger charge is -1.95. The molecule has 0 atom stereocenters. The van der Waals surface area contributed by atoms with Crippen molar-refractivity contribution in [3.8, 4) is 0 Å². The standard InChI is InChI=1S/C4H13N3.4C2H4O2.H4Si/c5-1-3-7-4-2-6;4*1-2(3)4;/h7H,1-6H2;4*1H3,(H,3,4);1H4. The maximum Gasteiger partial charge on any atom is 0.300 e. The molecule has 0 aromatic heterocycles. The first-order chi connectivity index (χ1) is 10.3. The lowest BCUT2D eigenvalue weighted by Crippen LogP contribution is -2.27. The molecule has 0 unspecified atom stereocenters. The van der Waals surface area contributed by atoms with E-state index >= 15 is 0 Å². The third-order valence-corrected chi connectivity index (χ3v) is 0.642. The molecule has 148 valence electrons. The SMILES string of the molecule is CC(=O)O.CC(=O)O.CC(=O)O.CC(=O)O.NCCNCCN.[SiH4]. The Morgan fingerprint density at radius 3 is 0.875 bits per heavy atom. The van der Waals surface area contributed by atoms with Gasteiger partial charge in [-0.3, -0.25) is 19.2 Å². The minimum Gasteiger partial charge on any atom is -0.481 e. The summed E-state index contributed by atoms with van der Waals surface area (Å²) in [6.45, 7) is 7.47.